The highest BCUT2D eigenvalue weighted by Gasteiger charge is 2.12. The third-order valence-corrected chi connectivity index (χ3v) is 3.31. The molecule has 0 aliphatic heterocycles. The van der Waals surface area contributed by atoms with Crippen molar-refractivity contribution in [3.8, 4) is 0 Å². The standard InChI is InChI=1S/C14H13BClNO3/c1-9-2-7-12(8-13(9)16)17-14(18)10-3-5-11(6-4-10)15(19)20/h2-8,19-20H,1H3,(H,17,18). The Hall–Kier alpha value is -1.82. The van der Waals surface area contributed by atoms with Crippen molar-refractivity contribution >= 4 is 35.8 Å². The number of benzene rings is 2. The van der Waals surface area contributed by atoms with Crippen LogP contribution in [0.25, 0.3) is 0 Å². The Morgan fingerprint density at radius 2 is 1.80 bits per heavy atom. The summed E-state index contributed by atoms with van der Waals surface area (Å²) in [5.41, 5.74) is 2.30. The molecule has 0 bridgehead atoms. The summed E-state index contributed by atoms with van der Waals surface area (Å²) in [5, 5.41) is 21.3. The number of hydrogen-bond donors (Lipinski definition) is 3. The van der Waals surface area contributed by atoms with Crippen LogP contribution in [-0.4, -0.2) is 23.1 Å². The van der Waals surface area contributed by atoms with Crippen LogP contribution in [-0.2, 0) is 0 Å². The fraction of sp³-hybridized carbons (Fsp3) is 0.0714. The summed E-state index contributed by atoms with van der Waals surface area (Å²) < 4.78 is 0. The molecule has 0 heterocycles. The Labute approximate surface area is 122 Å². The zero-order valence-corrected chi connectivity index (χ0v) is 11.6. The Morgan fingerprint density at radius 3 is 2.35 bits per heavy atom. The molecule has 0 atom stereocenters. The number of halogens is 1. The quantitative estimate of drug-likeness (QED) is 0.751. The highest BCUT2D eigenvalue weighted by atomic mass is 35.5. The van der Waals surface area contributed by atoms with E-state index in [1.807, 2.05) is 13.0 Å². The van der Waals surface area contributed by atoms with Crippen LogP contribution in [0.4, 0.5) is 5.69 Å². The lowest BCUT2D eigenvalue weighted by Crippen LogP contribution is -2.29. The highest BCUT2D eigenvalue weighted by Crippen LogP contribution is 2.20. The van der Waals surface area contributed by atoms with Gasteiger partial charge in [0.15, 0.2) is 0 Å². The topological polar surface area (TPSA) is 69.6 Å². The first kappa shape index (κ1) is 14.6. The van der Waals surface area contributed by atoms with E-state index in [-0.39, 0.29) is 5.91 Å². The van der Waals surface area contributed by atoms with Crippen molar-refractivity contribution in [2.75, 3.05) is 5.32 Å². The number of anilines is 1. The van der Waals surface area contributed by atoms with Gasteiger partial charge in [-0.05, 0) is 42.2 Å². The van der Waals surface area contributed by atoms with Gasteiger partial charge in [-0.25, -0.2) is 0 Å². The Bertz CT molecular complexity index is 629. The minimum absolute atomic E-state index is 0.288. The molecule has 0 aromatic heterocycles. The second kappa shape index (κ2) is 6.09. The summed E-state index contributed by atoms with van der Waals surface area (Å²) in [6.07, 6.45) is 0. The summed E-state index contributed by atoms with van der Waals surface area (Å²) in [7, 11) is -1.54. The zero-order valence-electron chi connectivity index (χ0n) is 10.8. The molecule has 0 fully saturated rings. The number of carbonyl (C=O) groups excluding carboxylic acids is 1. The van der Waals surface area contributed by atoms with Crippen LogP contribution in [0.3, 0.4) is 0 Å². The van der Waals surface area contributed by atoms with Gasteiger partial charge in [0.2, 0.25) is 0 Å². The van der Waals surface area contributed by atoms with E-state index < -0.39 is 7.12 Å². The summed E-state index contributed by atoms with van der Waals surface area (Å²) in [5.74, 6) is -0.288. The molecular weight excluding hydrogens is 276 g/mol. The van der Waals surface area contributed by atoms with Crippen molar-refractivity contribution in [3.05, 3.63) is 58.6 Å². The zero-order chi connectivity index (χ0) is 14.7. The van der Waals surface area contributed by atoms with Crippen molar-refractivity contribution in [2.24, 2.45) is 0 Å². The molecule has 0 aliphatic rings. The van der Waals surface area contributed by atoms with Crippen molar-refractivity contribution in [1.82, 2.24) is 0 Å². The molecule has 0 unspecified atom stereocenters. The van der Waals surface area contributed by atoms with Crippen LogP contribution < -0.4 is 10.8 Å². The van der Waals surface area contributed by atoms with Gasteiger partial charge in [-0.1, -0.05) is 29.8 Å². The van der Waals surface area contributed by atoms with Crippen molar-refractivity contribution in [3.63, 3.8) is 0 Å². The van der Waals surface area contributed by atoms with Gasteiger partial charge < -0.3 is 15.4 Å². The predicted molar refractivity (Wildman–Crippen MR) is 80.4 cm³/mol. The van der Waals surface area contributed by atoms with Crippen molar-refractivity contribution < 1.29 is 14.8 Å². The second-order valence-corrected chi connectivity index (χ2v) is 4.82. The van der Waals surface area contributed by atoms with E-state index in [2.05, 4.69) is 5.32 Å². The van der Waals surface area contributed by atoms with Gasteiger partial charge in [-0.15, -0.1) is 0 Å². The van der Waals surface area contributed by atoms with E-state index in [0.29, 0.717) is 21.7 Å². The maximum Gasteiger partial charge on any atom is 0.488 e. The van der Waals surface area contributed by atoms with E-state index in [1.54, 1.807) is 12.1 Å². The molecule has 20 heavy (non-hydrogen) atoms. The van der Waals surface area contributed by atoms with Gasteiger partial charge >= 0.3 is 7.12 Å². The smallest absolute Gasteiger partial charge is 0.423 e. The van der Waals surface area contributed by atoms with Gasteiger partial charge in [0.05, 0.1) is 0 Å². The van der Waals surface area contributed by atoms with E-state index >= 15 is 0 Å². The minimum Gasteiger partial charge on any atom is -0.423 e. The number of carbonyl (C=O) groups is 1. The van der Waals surface area contributed by atoms with Crippen LogP contribution in [0.15, 0.2) is 42.5 Å². The fourth-order valence-corrected chi connectivity index (χ4v) is 1.86. The molecule has 1 amide bonds. The normalized spacial score (nSPS) is 10.2. The molecule has 2 rings (SSSR count). The largest absolute Gasteiger partial charge is 0.488 e. The van der Waals surface area contributed by atoms with Crippen LogP contribution in [0, 0.1) is 6.92 Å². The monoisotopic (exact) mass is 289 g/mol. The number of rotatable bonds is 3. The average Bonchev–Trinajstić information content (AvgIpc) is 2.43. The van der Waals surface area contributed by atoms with Gasteiger partial charge in [0.25, 0.3) is 5.91 Å². The molecule has 4 nitrogen and oxygen atoms in total. The molecule has 102 valence electrons. The number of nitrogens with one attached hydrogen (secondary N) is 1. The third-order valence-electron chi connectivity index (χ3n) is 2.90. The second-order valence-electron chi connectivity index (χ2n) is 4.41. The lowest BCUT2D eigenvalue weighted by atomic mass is 9.80. The minimum atomic E-state index is -1.54. The fourth-order valence-electron chi connectivity index (χ4n) is 1.68. The average molecular weight is 290 g/mol. The number of aryl methyl sites for hydroxylation is 1. The van der Waals surface area contributed by atoms with Gasteiger partial charge in [0.1, 0.15) is 0 Å². The Kier molecular flexibility index (Phi) is 4.44. The number of amides is 1. The van der Waals surface area contributed by atoms with E-state index in [1.165, 1.54) is 24.3 Å². The van der Waals surface area contributed by atoms with Crippen LogP contribution in [0.5, 0.6) is 0 Å². The molecule has 0 saturated heterocycles. The molecule has 0 saturated carbocycles. The summed E-state index contributed by atoms with van der Waals surface area (Å²) in [4.78, 5) is 12.0. The first-order chi connectivity index (χ1) is 9.47. The van der Waals surface area contributed by atoms with Gasteiger partial charge in [-0.2, -0.15) is 0 Å². The van der Waals surface area contributed by atoms with Crippen LogP contribution >= 0.6 is 11.6 Å². The van der Waals surface area contributed by atoms with E-state index in [0.717, 1.165) is 5.56 Å². The third kappa shape index (κ3) is 3.39. The molecule has 0 radical (unpaired) electrons. The Morgan fingerprint density at radius 1 is 1.15 bits per heavy atom. The first-order valence-corrected chi connectivity index (χ1v) is 6.39. The molecule has 3 N–H and O–H groups in total. The maximum absolute atomic E-state index is 12.0. The van der Waals surface area contributed by atoms with E-state index in [4.69, 9.17) is 21.6 Å². The summed E-state index contributed by atoms with van der Waals surface area (Å²) in [6, 6.07) is 11.3. The van der Waals surface area contributed by atoms with Crippen molar-refractivity contribution in [1.29, 1.82) is 0 Å². The highest BCUT2D eigenvalue weighted by molar-refractivity contribution is 6.58. The maximum atomic E-state index is 12.0. The van der Waals surface area contributed by atoms with Crippen LogP contribution in [0.2, 0.25) is 5.02 Å². The Balaban J connectivity index is 2.13. The molecule has 0 spiro atoms. The predicted octanol–water partition coefficient (Wildman–Crippen LogP) is 1.58. The summed E-state index contributed by atoms with van der Waals surface area (Å²) >= 11 is 5.99. The van der Waals surface area contributed by atoms with Gasteiger partial charge in [0, 0.05) is 16.3 Å². The molecular formula is C14H13BClNO3. The lowest BCUT2D eigenvalue weighted by molar-refractivity contribution is 0.102. The lowest BCUT2D eigenvalue weighted by Gasteiger charge is -2.07. The molecule has 2 aromatic carbocycles. The summed E-state index contributed by atoms with van der Waals surface area (Å²) in [6.45, 7) is 1.88. The molecule has 0 aliphatic carbocycles. The SMILES string of the molecule is Cc1ccc(NC(=O)c2ccc(B(O)O)cc2)cc1Cl. The molecule has 6 heteroatoms. The van der Waals surface area contributed by atoms with Gasteiger partial charge in [-0.3, -0.25) is 4.79 Å². The van der Waals surface area contributed by atoms with E-state index in [9.17, 15) is 4.79 Å². The van der Waals surface area contributed by atoms with Crippen molar-refractivity contribution in [2.45, 2.75) is 6.92 Å². The number of hydrogen-bond acceptors (Lipinski definition) is 3. The first-order valence-electron chi connectivity index (χ1n) is 6.01. The van der Waals surface area contributed by atoms with Crippen LogP contribution in [0.1, 0.15) is 15.9 Å². The molecule has 2 aromatic rings.